The second kappa shape index (κ2) is 9.40. The molecule has 2 N–H and O–H groups in total. The molecule has 1 heterocycles. The quantitative estimate of drug-likeness (QED) is 0.309. The number of azo groups is 1. The Bertz CT molecular complexity index is 1170. The largest absolute Gasteiger partial charge is 0.507 e. The third kappa shape index (κ3) is 5.26. The van der Waals surface area contributed by atoms with Crippen LogP contribution in [0.4, 0.5) is 11.4 Å². The number of hydrogen-bond donors (Lipinski definition) is 2. The SMILES string of the molecule is O=C(N/N=C/c1cc(N=Nc2cccc(Br)c2)ccc1O)[C@H]1COc2ccccc2O1. The van der Waals surface area contributed by atoms with Gasteiger partial charge in [0.1, 0.15) is 12.4 Å². The van der Waals surface area contributed by atoms with Gasteiger partial charge < -0.3 is 14.6 Å². The standard InChI is InChI=1S/C22H17BrN4O4/c23-15-4-3-5-16(11-15)25-26-17-8-9-18(28)14(10-17)12-24-27-22(29)21-13-30-19-6-1-2-7-20(19)31-21/h1-12,21,28H,13H2,(H,27,29)/b24-12+,26-25?/t21-/m1/s1. The average Bonchev–Trinajstić information content (AvgIpc) is 2.79. The van der Waals surface area contributed by atoms with E-state index >= 15 is 0 Å². The molecule has 8 nitrogen and oxygen atoms in total. The van der Waals surface area contributed by atoms with E-state index in [1.165, 1.54) is 12.3 Å². The van der Waals surface area contributed by atoms with E-state index in [2.05, 4.69) is 36.7 Å². The number of fused-ring (bicyclic) bond motifs is 1. The summed E-state index contributed by atoms with van der Waals surface area (Å²) in [6.07, 6.45) is 0.495. The number of carbonyl (C=O) groups excluding carboxylic acids is 1. The van der Waals surface area contributed by atoms with Crippen LogP contribution in [0.15, 0.2) is 86.5 Å². The van der Waals surface area contributed by atoms with Crippen molar-refractivity contribution >= 4 is 39.4 Å². The summed E-state index contributed by atoms with van der Waals surface area (Å²) in [6.45, 7) is 0.0785. The minimum atomic E-state index is -0.828. The molecule has 0 saturated heterocycles. The molecule has 1 aliphatic heterocycles. The van der Waals surface area contributed by atoms with Crippen molar-refractivity contribution in [3.8, 4) is 17.2 Å². The number of amides is 1. The molecule has 0 spiro atoms. The van der Waals surface area contributed by atoms with Crippen LogP contribution >= 0.6 is 15.9 Å². The number of halogens is 1. The Labute approximate surface area is 186 Å². The number of aromatic hydroxyl groups is 1. The van der Waals surface area contributed by atoms with Crippen LogP contribution in [0.5, 0.6) is 17.2 Å². The van der Waals surface area contributed by atoms with Crippen LogP contribution in [-0.2, 0) is 4.79 Å². The number of hydrogen-bond acceptors (Lipinski definition) is 7. The van der Waals surface area contributed by atoms with E-state index < -0.39 is 12.0 Å². The number of nitrogens with one attached hydrogen (secondary N) is 1. The van der Waals surface area contributed by atoms with Gasteiger partial charge in [0.05, 0.1) is 17.6 Å². The molecule has 1 atom stereocenters. The fourth-order valence-corrected chi connectivity index (χ4v) is 3.13. The van der Waals surface area contributed by atoms with Gasteiger partial charge in [0, 0.05) is 10.0 Å². The van der Waals surface area contributed by atoms with Crippen LogP contribution < -0.4 is 14.9 Å². The zero-order chi connectivity index (χ0) is 21.6. The van der Waals surface area contributed by atoms with Crippen molar-refractivity contribution in [2.75, 3.05) is 6.61 Å². The van der Waals surface area contributed by atoms with Gasteiger partial charge in [-0.15, -0.1) is 0 Å². The smallest absolute Gasteiger partial charge is 0.284 e. The minimum absolute atomic E-state index is 0.00872. The molecule has 4 rings (SSSR count). The van der Waals surface area contributed by atoms with Crippen LogP contribution in [0.1, 0.15) is 5.56 Å². The molecule has 0 aliphatic carbocycles. The van der Waals surface area contributed by atoms with Gasteiger partial charge in [0.25, 0.3) is 5.91 Å². The zero-order valence-electron chi connectivity index (χ0n) is 16.1. The highest BCUT2D eigenvalue weighted by atomic mass is 79.9. The Morgan fingerprint density at radius 1 is 1.03 bits per heavy atom. The molecular formula is C22H17BrN4O4. The van der Waals surface area contributed by atoms with Crippen LogP contribution in [0, 0.1) is 0 Å². The topological polar surface area (TPSA) is 105 Å². The van der Waals surface area contributed by atoms with Crippen LogP contribution in [0.25, 0.3) is 0 Å². The third-order valence-corrected chi connectivity index (χ3v) is 4.77. The molecular weight excluding hydrogens is 464 g/mol. The van der Waals surface area contributed by atoms with E-state index in [1.54, 1.807) is 30.3 Å². The van der Waals surface area contributed by atoms with Gasteiger partial charge >= 0.3 is 0 Å². The number of phenolic OH excluding ortho intramolecular Hbond substituents is 1. The summed E-state index contributed by atoms with van der Waals surface area (Å²) in [5.41, 5.74) is 3.97. The molecule has 3 aromatic carbocycles. The second-order valence-electron chi connectivity index (χ2n) is 6.52. The van der Waals surface area contributed by atoms with Crippen LogP contribution in [0.3, 0.4) is 0 Å². The molecule has 0 unspecified atom stereocenters. The summed E-state index contributed by atoms with van der Waals surface area (Å²) in [4.78, 5) is 12.3. The number of carbonyl (C=O) groups is 1. The predicted octanol–water partition coefficient (Wildman–Crippen LogP) is 4.86. The molecule has 31 heavy (non-hydrogen) atoms. The lowest BCUT2D eigenvalue weighted by molar-refractivity contribution is -0.130. The number of para-hydroxylation sites is 2. The number of rotatable bonds is 5. The molecule has 3 aromatic rings. The molecule has 0 fully saturated rings. The number of ether oxygens (including phenoxy) is 2. The van der Waals surface area contributed by atoms with Gasteiger partial charge in [-0.3, -0.25) is 4.79 Å². The van der Waals surface area contributed by atoms with E-state index in [1.807, 2.05) is 30.3 Å². The Hall–Kier alpha value is -3.72. The molecule has 1 aliphatic rings. The third-order valence-electron chi connectivity index (χ3n) is 4.28. The minimum Gasteiger partial charge on any atom is -0.507 e. The van der Waals surface area contributed by atoms with Crippen molar-refractivity contribution in [3.05, 3.63) is 76.8 Å². The number of nitrogens with zero attached hydrogens (tertiary/aromatic N) is 3. The van der Waals surface area contributed by atoms with Crippen LogP contribution in [0.2, 0.25) is 0 Å². The normalized spacial score (nSPS) is 15.3. The zero-order valence-corrected chi connectivity index (χ0v) is 17.7. The predicted molar refractivity (Wildman–Crippen MR) is 119 cm³/mol. The molecule has 156 valence electrons. The highest BCUT2D eigenvalue weighted by Gasteiger charge is 2.27. The monoisotopic (exact) mass is 480 g/mol. The van der Waals surface area contributed by atoms with Crippen molar-refractivity contribution in [1.29, 1.82) is 0 Å². The van der Waals surface area contributed by atoms with E-state index in [-0.39, 0.29) is 12.4 Å². The van der Waals surface area contributed by atoms with Gasteiger partial charge in [-0.05, 0) is 48.5 Å². The summed E-state index contributed by atoms with van der Waals surface area (Å²) in [5, 5.41) is 22.3. The highest BCUT2D eigenvalue weighted by Crippen LogP contribution is 2.31. The molecule has 0 saturated carbocycles. The van der Waals surface area contributed by atoms with Crippen molar-refractivity contribution in [2.24, 2.45) is 15.3 Å². The van der Waals surface area contributed by atoms with Crippen molar-refractivity contribution < 1.29 is 19.4 Å². The van der Waals surface area contributed by atoms with Crippen molar-refractivity contribution in [2.45, 2.75) is 6.10 Å². The Morgan fingerprint density at radius 3 is 2.61 bits per heavy atom. The lowest BCUT2D eigenvalue weighted by Crippen LogP contribution is -2.42. The molecule has 1 amide bonds. The summed E-state index contributed by atoms with van der Waals surface area (Å²) < 4.78 is 12.1. The van der Waals surface area contributed by atoms with Gasteiger partial charge in [0.2, 0.25) is 6.10 Å². The van der Waals surface area contributed by atoms with Crippen LogP contribution in [-0.4, -0.2) is 29.9 Å². The van der Waals surface area contributed by atoms with Gasteiger partial charge in [0.15, 0.2) is 11.5 Å². The maximum absolute atomic E-state index is 12.3. The lowest BCUT2D eigenvalue weighted by Gasteiger charge is -2.24. The van der Waals surface area contributed by atoms with E-state index in [0.29, 0.717) is 28.4 Å². The number of phenols is 1. The Kier molecular flexibility index (Phi) is 6.23. The van der Waals surface area contributed by atoms with Crippen molar-refractivity contribution in [1.82, 2.24) is 5.43 Å². The Morgan fingerprint density at radius 2 is 1.81 bits per heavy atom. The Balaban J connectivity index is 1.39. The van der Waals surface area contributed by atoms with Gasteiger partial charge in [-0.2, -0.15) is 15.3 Å². The second-order valence-corrected chi connectivity index (χ2v) is 7.44. The average molecular weight is 481 g/mol. The van der Waals surface area contributed by atoms with Crippen molar-refractivity contribution in [3.63, 3.8) is 0 Å². The first-order valence-corrected chi connectivity index (χ1v) is 10.1. The van der Waals surface area contributed by atoms with Gasteiger partial charge in [-0.25, -0.2) is 5.43 Å². The fourth-order valence-electron chi connectivity index (χ4n) is 2.75. The van der Waals surface area contributed by atoms with E-state index in [4.69, 9.17) is 9.47 Å². The van der Waals surface area contributed by atoms with E-state index in [0.717, 1.165) is 4.47 Å². The summed E-state index contributed by atoms with van der Waals surface area (Å²) in [5.74, 6) is 0.620. The fraction of sp³-hybridized carbons (Fsp3) is 0.0909. The molecule has 9 heteroatoms. The highest BCUT2D eigenvalue weighted by molar-refractivity contribution is 9.10. The summed E-state index contributed by atoms with van der Waals surface area (Å²) >= 11 is 3.38. The first kappa shape index (κ1) is 20.5. The maximum atomic E-state index is 12.3. The summed E-state index contributed by atoms with van der Waals surface area (Å²) in [6, 6.07) is 19.2. The van der Waals surface area contributed by atoms with Gasteiger partial charge in [-0.1, -0.05) is 34.1 Å². The number of benzene rings is 3. The summed E-state index contributed by atoms with van der Waals surface area (Å²) in [7, 11) is 0. The molecule has 0 aromatic heterocycles. The van der Waals surface area contributed by atoms with E-state index in [9.17, 15) is 9.90 Å². The molecule has 0 radical (unpaired) electrons. The maximum Gasteiger partial charge on any atom is 0.284 e. The molecule has 0 bridgehead atoms. The number of hydrazone groups is 1. The lowest BCUT2D eigenvalue weighted by atomic mass is 10.2. The first-order chi connectivity index (χ1) is 15.1. The first-order valence-electron chi connectivity index (χ1n) is 9.30.